The molecule has 0 aromatic heterocycles. The van der Waals surface area contributed by atoms with Gasteiger partial charge < -0.3 is 4.74 Å². The van der Waals surface area contributed by atoms with Gasteiger partial charge in [-0.1, -0.05) is 60.7 Å². The second-order valence-electron chi connectivity index (χ2n) is 6.80. The van der Waals surface area contributed by atoms with Crippen LogP contribution >= 0.6 is 0 Å². The van der Waals surface area contributed by atoms with Crippen LogP contribution in [0.2, 0.25) is 0 Å². The van der Waals surface area contributed by atoms with Crippen LogP contribution in [-0.4, -0.2) is 29.3 Å². The molecule has 3 fully saturated rings. The SMILES string of the molecule is O=C1O[C@H]2CC[C@H]3ON(C(c4ccccc4)c4ccccc4)[C@@H]1[C@@H]23. The molecule has 2 aliphatic heterocycles. The lowest BCUT2D eigenvalue weighted by molar-refractivity contribution is -0.193. The normalized spacial score (nSPS) is 31.5. The van der Waals surface area contributed by atoms with E-state index < -0.39 is 0 Å². The maximum absolute atomic E-state index is 12.5. The van der Waals surface area contributed by atoms with Crippen LogP contribution in [0.5, 0.6) is 0 Å². The fourth-order valence-corrected chi connectivity index (χ4v) is 4.47. The van der Waals surface area contributed by atoms with E-state index in [0.717, 1.165) is 24.0 Å². The zero-order chi connectivity index (χ0) is 16.1. The van der Waals surface area contributed by atoms with Crippen LogP contribution in [-0.2, 0) is 14.4 Å². The van der Waals surface area contributed by atoms with Gasteiger partial charge in [0.1, 0.15) is 12.1 Å². The molecule has 4 atom stereocenters. The van der Waals surface area contributed by atoms with E-state index in [1.807, 2.05) is 41.5 Å². The van der Waals surface area contributed by atoms with E-state index in [0.29, 0.717) is 0 Å². The first-order valence-corrected chi connectivity index (χ1v) is 8.58. The van der Waals surface area contributed by atoms with Crippen LogP contribution in [0.15, 0.2) is 60.7 Å². The van der Waals surface area contributed by atoms with Crippen molar-refractivity contribution in [2.24, 2.45) is 5.92 Å². The van der Waals surface area contributed by atoms with Gasteiger partial charge in [-0.2, -0.15) is 5.06 Å². The number of rotatable bonds is 3. The molecule has 3 aliphatic rings. The lowest BCUT2D eigenvalue weighted by Crippen LogP contribution is -2.38. The molecule has 0 bridgehead atoms. The smallest absolute Gasteiger partial charge is 0.326 e. The number of hydrogen-bond acceptors (Lipinski definition) is 4. The van der Waals surface area contributed by atoms with Gasteiger partial charge in [-0.3, -0.25) is 9.63 Å². The first-order chi connectivity index (χ1) is 11.8. The molecule has 2 aromatic rings. The number of benzene rings is 2. The van der Waals surface area contributed by atoms with Crippen molar-refractivity contribution in [2.45, 2.75) is 37.1 Å². The number of carbonyl (C=O) groups excluding carboxylic acids is 1. The Balaban J connectivity index is 1.59. The van der Waals surface area contributed by atoms with Gasteiger partial charge in [-0.15, -0.1) is 0 Å². The van der Waals surface area contributed by atoms with Crippen LogP contribution < -0.4 is 0 Å². The quantitative estimate of drug-likeness (QED) is 0.814. The Morgan fingerprint density at radius 2 is 1.46 bits per heavy atom. The largest absolute Gasteiger partial charge is 0.461 e. The Hall–Kier alpha value is -2.17. The van der Waals surface area contributed by atoms with Crippen LogP contribution in [0.4, 0.5) is 0 Å². The van der Waals surface area contributed by atoms with Crippen molar-refractivity contribution in [1.29, 1.82) is 0 Å². The van der Waals surface area contributed by atoms with Gasteiger partial charge in [0.25, 0.3) is 0 Å². The molecular weight excluding hydrogens is 302 g/mol. The van der Waals surface area contributed by atoms with Crippen LogP contribution in [0.1, 0.15) is 30.0 Å². The van der Waals surface area contributed by atoms with Crippen molar-refractivity contribution in [3.8, 4) is 0 Å². The van der Waals surface area contributed by atoms with Gasteiger partial charge >= 0.3 is 5.97 Å². The summed E-state index contributed by atoms with van der Waals surface area (Å²) in [5, 5.41) is 1.90. The monoisotopic (exact) mass is 321 g/mol. The Bertz CT molecular complexity index is 708. The van der Waals surface area contributed by atoms with Gasteiger partial charge in [-0.05, 0) is 24.0 Å². The van der Waals surface area contributed by atoms with E-state index in [2.05, 4.69) is 24.3 Å². The molecule has 0 spiro atoms. The van der Waals surface area contributed by atoms with E-state index in [-0.39, 0.29) is 36.2 Å². The molecule has 5 rings (SSSR count). The van der Waals surface area contributed by atoms with Gasteiger partial charge in [0.2, 0.25) is 0 Å². The van der Waals surface area contributed by atoms with E-state index in [4.69, 9.17) is 9.57 Å². The summed E-state index contributed by atoms with van der Waals surface area (Å²) in [6.45, 7) is 0. The summed E-state index contributed by atoms with van der Waals surface area (Å²) in [6.07, 6.45) is 2.02. The summed E-state index contributed by atoms with van der Waals surface area (Å²) < 4.78 is 5.61. The molecule has 24 heavy (non-hydrogen) atoms. The summed E-state index contributed by atoms with van der Waals surface area (Å²) in [5.41, 5.74) is 2.25. The topological polar surface area (TPSA) is 38.8 Å². The molecule has 1 saturated carbocycles. The second-order valence-corrected chi connectivity index (χ2v) is 6.80. The molecule has 2 heterocycles. The highest BCUT2D eigenvalue weighted by Gasteiger charge is 2.62. The molecule has 4 heteroatoms. The molecule has 0 amide bonds. The highest BCUT2D eigenvalue weighted by molar-refractivity contribution is 5.79. The maximum Gasteiger partial charge on any atom is 0.326 e. The van der Waals surface area contributed by atoms with Crippen molar-refractivity contribution in [1.82, 2.24) is 5.06 Å². The molecule has 4 nitrogen and oxygen atoms in total. The van der Waals surface area contributed by atoms with Crippen LogP contribution in [0, 0.1) is 5.92 Å². The predicted octanol–water partition coefficient (Wildman–Crippen LogP) is 3.10. The van der Waals surface area contributed by atoms with Gasteiger partial charge in [-0.25, -0.2) is 0 Å². The van der Waals surface area contributed by atoms with E-state index in [1.54, 1.807) is 0 Å². The Kier molecular flexibility index (Phi) is 3.21. The molecule has 2 saturated heterocycles. The first kappa shape index (κ1) is 14.2. The van der Waals surface area contributed by atoms with Gasteiger partial charge in [0, 0.05) is 0 Å². The molecule has 0 radical (unpaired) electrons. The molecule has 0 N–H and O–H groups in total. The fraction of sp³-hybridized carbons (Fsp3) is 0.350. The average molecular weight is 321 g/mol. The summed E-state index contributed by atoms with van der Waals surface area (Å²) >= 11 is 0. The van der Waals surface area contributed by atoms with E-state index in [9.17, 15) is 4.79 Å². The summed E-state index contributed by atoms with van der Waals surface area (Å²) in [4.78, 5) is 18.8. The Morgan fingerprint density at radius 1 is 0.875 bits per heavy atom. The number of ether oxygens (including phenoxy) is 1. The molecular formula is C20H19NO3. The molecule has 0 unspecified atom stereocenters. The lowest BCUT2D eigenvalue weighted by atomic mass is 9.93. The third-order valence-electron chi connectivity index (χ3n) is 5.48. The summed E-state index contributed by atoms with van der Waals surface area (Å²) in [7, 11) is 0. The summed E-state index contributed by atoms with van der Waals surface area (Å²) in [6, 6.07) is 20.1. The average Bonchev–Trinajstić information content (AvgIpc) is 3.27. The second kappa shape index (κ2) is 5.43. The molecule has 122 valence electrons. The van der Waals surface area contributed by atoms with Gasteiger partial charge in [0.15, 0.2) is 0 Å². The number of nitrogens with zero attached hydrogens (tertiary/aromatic N) is 1. The van der Waals surface area contributed by atoms with Crippen molar-refractivity contribution in [3.05, 3.63) is 71.8 Å². The van der Waals surface area contributed by atoms with Crippen LogP contribution in [0.3, 0.4) is 0 Å². The fourth-order valence-electron chi connectivity index (χ4n) is 4.47. The van der Waals surface area contributed by atoms with E-state index in [1.165, 1.54) is 0 Å². The Morgan fingerprint density at radius 3 is 2.08 bits per heavy atom. The predicted molar refractivity (Wildman–Crippen MR) is 87.8 cm³/mol. The Labute approximate surface area is 140 Å². The molecule has 1 aliphatic carbocycles. The molecule has 2 aromatic carbocycles. The van der Waals surface area contributed by atoms with Crippen molar-refractivity contribution in [3.63, 3.8) is 0 Å². The number of hydrogen-bond donors (Lipinski definition) is 0. The standard InChI is InChI=1S/C20H19NO3/c22-20-19-17-15(23-20)11-12-16(17)24-21(19)18(13-7-3-1-4-8-13)14-9-5-2-6-10-14/h1-10,15-19H,11-12H2/t15-,16+,17-,19+/m0/s1. The van der Waals surface area contributed by atoms with Crippen LogP contribution in [0.25, 0.3) is 0 Å². The highest BCUT2D eigenvalue weighted by atomic mass is 16.7. The van der Waals surface area contributed by atoms with Crippen molar-refractivity contribution < 1.29 is 14.4 Å². The first-order valence-electron chi connectivity index (χ1n) is 8.58. The number of esters is 1. The highest BCUT2D eigenvalue weighted by Crippen LogP contribution is 2.49. The zero-order valence-corrected chi connectivity index (χ0v) is 13.2. The summed E-state index contributed by atoms with van der Waals surface area (Å²) in [5.74, 6) is 0.0384. The number of hydroxylamine groups is 2. The number of carbonyl (C=O) groups is 1. The van der Waals surface area contributed by atoms with Crippen molar-refractivity contribution >= 4 is 5.97 Å². The lowest BCUT2D eigenvalue weighted by Gasteiger charge is -2.30. The third-order valence-corrected chi connectivity index (χ3v) is 5.48. The maximum atomic E-state index is 12.5. The minimum Gasteiger partial charge on any atom is -0.461 e. The zero-order valence-electron chi connectivity index (χ0n) is 13.2. The van der Waals surface area contributed by atoms with Crippen molar-refractivity contribution in [2.75, 3.05) is 0 Å². The third kappa shape index (κ3) is 2.03. The van der Waals surface area contributed by atoms with Gasteiger partial charge in [0.05, 0.1) is 18.1 Å². The minimum absolute atomic E-state index is 0.0321. The van der Waals surface area contributed by atoms with E-state index >= 15 is 0 Å². The minimum atomic E-state index is -0.298.